The third kappa shape index (κ3) is 2.94. The first kappa shape index (κ1) is 13.6. The quantitative estimate of drug-likeness (QED) is 0.800. The SMILES string of the molecule is CC(C)c1ccnn1CCC(C)(C)C1CCOC1. The van der Waals surface area contributed by atoms with Crippen molar-refractivity contribution in [3.63, 3.8) is 0 Å². The fourth-order valence-electron chi connectivity index (χ4n) is 2.77. The van der Waals surface area contributed by atoms with Gasteiger partial charge in [0.25, 0.3) is 0 Å². The Bertz CT molecular complexity index is 376. The van der Waals surface area contributed by atoms with Crippen LogP contribution in [-0.2, 0) is 11.3 Å². The van der Waals surface area contributed by atoms with E-state index in [0.717, 1.165) is 19.8 Å². The molecule has 1 atom stereocenters. The van der Waals surface area contributed by atoms with Crippen LogP contribution in [0.1, 0.15) is 52.1 Å². The number of hydrogen-bond acceptors (Lipinski definition) is 2. The summed E-state index contributed by atoms with van der Waals surface area (Å²) < 4.78 is 7.69. The van der Waals surface area contributed by atoms with E-state index in [1.165, 1.54) is 18.5 Å². The molecular formula is C15H26N2O. The van der Waals surface area contributed by atoms with Gasteiger partial charge >= 0.3 is 0 Å². The molecule has 3 heteroatoms. The predicted molar refractivity (Wildman–Crippen MR) is 73.6 cm³/mol. The second kappa shape index (κ2) is 5.43. The second-order valence-electron chi connectivity index (χ2n) is 6.43. The molecule has 2 rings (SSSR count). The molecule has 1 unspecified atom stereocenters. The summed E-state index contributed by atoms with van der Waals surface area (Å²) in [5.41, 5.74) is 1.69. The van der Waals surface area contributed by atoms with Crippen LogP contribution in [0.5, 0.6) is 0 Å². The minimum Gasteiger partial charge on any atom is -0.381 e. The lowest BCUT2D eigenvalue weighted by Gasteiger charge is -2.31. The van der Waals surface area contributed by atoms with Gasteiger partial charge in [0.1, 0.15) is 0 Å². The average molecular weight is 250 g/mol. The molecule has 1 aliphatic rings. The summed E-state index contributed by atoms with van der Waals surface area (Å²) in [5.74, 6) is 1.25. The standard InChI is InChI=1S/C15H26N2O/c1-12(2)14-5-8-16-17(14)9-7-15(3,4)13-6-10-18-11-13/h5,8,12-13H,6-7,9-11H2,1-4H3. The van der Waals surface area contributed by atoms with Crippen LogP contribution >= 0.6 is 0 Å². The molecule has 18 heavy (non-hydrogen) atoms. The summed E-state index contributed by atoms with van der Waals surface area (Å²) >= 11 is 0. The molecule has 0 spiro atoms. The van der Waals surface area contributed by atoms with Crippen molar-refractivity contribution in [2.24, 2.45) is 11.3 Å². The van der Waals surface area contributed by atoms with E-state index < -0.39 is 0 Å². The van der Waals surface area contributed by atoms with Crippen LogP contribution in [0.15, 0.2) is 12.3 Å². The number of aromatic nitrogens is 2. The molecule has 1 saturated heterocycles. The van der Waals surface area contributed by atoms with Gasteiger partial charge in [-0.1, -0.05) is 27.7 Å². The highest BCUT2D eigenvalue weighted by Gasteiger charge is 2.32. The Kier molecular flexibility index (Phi) is 4.10. The molecule has 3 nitrogen and oxygen atoms in total. The Morgan fingerprint density at radius 2 is 2.28 bits per heavy atom. The summed E-state index contributed by atoms with van der Waals surface area (Å²) in [4.78, 5) is 0. The van der Waals surface area contributed by atoms with Gasteiger partial charge in [-0.2, -0.15) is 5.10 Å². The molecule has 1 fully saturated rings. The van der Waals surface area contributed by atoms with Crippen molar-refractivity contribution in [1.29, 1.82) is 0 Å². The van der Waals surface area contributed by atoms with Crippen LogP contribution in [0.3, 0.4) is 0 Å². The maximum absolute atomic E-state index is 5.52. The van der Waals surface area contributed by atoms with E-state index in [2.05, 4.69) is 43.5 Å². The van der Waals surface area contributed by atoms with E-state index in [0.29, 0.717) is 17.3 Å². The summed E-state index contributed by atoms with van der Waals surface area (Å²) in [6.07, 6.45) is 4.30. The fraction of sp³-hybridized carbons (Fsp3) is 0.800. The number of ether oxygens (including phenoxy) is 1. The zero-order valence-electron chi connectivity index (χ0n) is 12.1. The van der Waals surface area contributed by atoms with Crippen molar-refractivity contribution in [2.45, 2.75) is 53.0 Å². The lowest BCUT2D eigenvalue weighted by atomic mass is 9.76. The van der Waals surface area contributed by atoms with E-state index in [1.54, 1.807) is 0 Å². The van der Waals surface area contributed by atoms with Crippen LogP contribution in [0, 0.1) is 11.3 Å². The summed E-state index contributed by atoms with van der Waals surface area (Å²) in [7, 11) is 0. The average Bonchev–Trinajstić information content (AvgIpc) is 2.97. The molecule has 1 aliphatic heterocycles. The van der Waals surface area contributed by atoms with Crippen molar-refractivity contribution in [1.82, 2.24) is 9.78 Å². The van der Waals surface area contributed by atoms with E-state index in [-0.39, 0.29) is 0 Å². The first-order chi connectivity index (χ1) is 8.50. The Morgan fingerprint density at radius 3 is 2.89 bits per heavy atom. The smallest absolute Gasteiger partial charge is 0.0500 e. The predicted octanol–water partition coefficient (Wildman–Crippen LogP) is 3.46. The fourth-order valence-corrected chi connectivity index (χ4v) is 2.77. The highest BCUT2D eigenvalue weighted by molar-refractivity contribution is 5.05. The highest BCUT2D eigenvalue weighted by atomic mass is 16.5. The van der Waals surface area contributed by atoms with Crippen LogP contribution in [-0.4, -0.2) is 23.0 Å². The van der Waals surface area contributed by atoms with Gasteiger partial charge < -0.3 is 4.74 Å². The van der Waals surface area contributed by atoms with Gasteiger partial charge in [-0.25, -0.2) is 0 Å². The molecule has 1 aromatic heterocycles. The van der Waals surface area contributed by atoms with Crippen LogP contribution in [0.25, 0.3) is 0 Å². The first-order valence-electron chi connectivity index (χ1n) is 7.10. The van der Waals surface area contributed by atoms with Crippen molar-refractivity contribution in [3.8, 4) is 0 Å². The van der Waals surface area contributed by atoms with E-state index >= 15 is 0 Å². The molecule has 0 bridgehead atoms. The largest absolute Gasteiger partial charge is 0.381 e. The molecule has 102 valence electrons. The number of rotatable bonds is 5. The molecule has 0 aromatic carbocycles. The van der Waals surface area contributed by atoms with Crippen molar-refractivity contribution >= 4 is 0 Å². The second-order valence-corrected chi connectivity index (χ2v) is 6.43. The Hall–Kier alpha value is -0.830. The summed E-state index contributed by atoms with van der Waals surface area (Å²) in [6.45, 7) is 12.1. The van der Waals surface area contributed by atoms with Crippen molar-refractivity contribution in [2.75, 3.05) is 13.2 Å². The third-order valence-electron chi connectivity index (χ3n) is 4.34. The maximum Gasteiger partial charge on any atom is 0.0500 e. The molecule has 0 amide bonds. The van der Waals surface area contributed by atoms with Gasteiger partial charge in [0.15, 0.2) is 0 Å². The summed E-state index contributed by atoms with van der Waals surface area (Å²) in [6, 6.07) is 2.14. The van der Waals surface area contributed by atoms with Crippen molar-refractivity contribution < 1.29 is 4.74 Å². The normalized spacial score (nSPS) is 20.8. The lowest BCUT2D eigenvalue weighted by Crippen LogP contribution is -2.26. The van der Waals surface area contributed by atoms with Crippen molar-refractivity contribution in [3.05, 3.63) is 18.0 Å². The first-order valence-corrected chi connectivity index (χ1v) is 7.10. The van der Waals surface area contributed by atoms with Crippen LogP contribution < -0.4 is 0 Å². The van der Waals surface area contributed by atoms with Gasteiger partial charge in [-0.15, -0.1) is 0 Å². The van der Waals surface area contributed by atoms with Gasteiger partial charge in [0.2, 0.25) is 0 Å². The maximum atomic E-state index is 5.52. The number of nitrogens with zero attached hydrogens (tertiary/aromatic N) is 2. The molecule has 0 saturated carbocycles. The highest BCUT2D eigenvalue weighted by Crippen LogP contribution is 2.36. The van der Waals surface area contributed by atoms with Gasteiger partial charge in [0.05, 0.1) is 0 Å². The zero-order chi connectivity index (χ0) is 13.2. The molecule has 2 heterocycles. The molecule has 1 aromatic rings. The lowest BCUT2D eigenvalue weighted by molar-refractivity contribution is 0.132. The number of aryl methyl sites for hydroxylation is 1. The Balaban J connectivity index is 1.95. The van der Waals surface area contributed by atoms with Crippen LogP contribution in [0.2, 0.25) is 0 Å². The van der Waals surface area contributed by atoms with Gasteiger partial charge in [-0.05, 0) is 36.2 Å². The van der Waals surface area contributed by atoms with Gasteiger partial charge in [0, 0.05) is 31.6 Å². The summed E-state index contributed by atoms with van der Waals surface area (Å²) in [5, 5.41) is 4.45. The zero-order valence-corrected chi connectivity index (χ0v) is 12.1. The van der Waals surface area contributed by atoms with E-state index in [9.17, 15) is 0 Å². The van der Waals surface area contributed by atoms with E-state index in [4.69, 9.17) is 4.74 Å². The minimum absolute atomic E-state index is 0.344. The Labute approximate surface area is 111 Å². The minimum atomic E-state index is 0.344. The van der Waals surface area contributed by atoms with Crippen LogP contribution in [0.4, 0.5) is 0 Å². The number of hydrogen-bond donors (Lipinski definition) is 0. The van der Waals surface area contributed by atoms with E-state index in [1.807, 2.05) is 6.20 Å². The molecule has 0 aliphatic carbocycles. The molecule has 0 N–H and O–H groups in total. The molecule has 0 radical (unpaired) electrons. The molecular weight excluding hydrogens is 224 g/mol. The Morgan fingerprint density at radius 1 is 1.50 bits per heavy atom. The monoisotopic (exact) mass is 250 g/mol. The van der Waals surface area contributed by atoms with Gasteiger partial charge in [-0.3, -0.25) is 4.68 Å². The third-order valence-corrected chi connectivity index (χ3v) is 4.34. The topological polar surface area (TPSA) is 27.1 Å².